The van der Waals surface area contributed by atoms with Gasteiger partial charge in [-0.1, -0.05) is 42.5 Å². The van der Waals surface area contributed by atoms with Gasteiger partial charge in [0.05, 0.1) is 16.8 Å². The van der Waals surface area contributed by atoms with Crippen LogP contribution in [-0.2, 0) is 0 Å². The fraction of sp³-hybridized carbons (Fsp3) is 0. The molecule has 0 saturated carbocycles. The lowest BCUT2D eigenvalue weighted by Gasteiger charge is -2.21. The van der Waals surface area contributed by atoms with Crippen LogP contribution in [-0.4, -0.2) is 22.6 Å². The summed E-state index contributed by atoms with van der Waals surface area (Å²) in [6.45, 7) is 0. The molecule has 0 heterocycles. The van der Waals surface area contributed by atoms with Crippen molar-refractivity contribution in [2.24, 2.45) is 0 Å². The molecule has 0 aromatic heterocycles. The van der Waals surface area contributed by atoms with Gasteiger partial charge in [0, 0.05) is 16.7 Å². The van der Waals surface area contributed by atoms with Crippen molar-refractivity contribution in [3.8, 4) is 5.75 Å². The van der Waals surface area contributed by atoms with Crippen LogP contribution in [0.4, 0.5) is 5.69 Å². The second-order valence-corrected chi connectivity index (χ2v) is 5.91. The van der Waals surface area contributed by atoms with E-state index in [-0.39, 0.29) is 33.7 Å². The fourth-order valence-corrected chi connectivity index (χ4v) is 3.09. The molecule has 1 aliphatic rings. The second-order valence-electron chi connectivity index (χ2n) is 5.91. The van der Waals surface area contributed by atoms with Gasteiger partial charge in [-0.05, 0) is 24.3 Å². The van der Waals surface area contributed by atoms with Crippen molar-refractivity contribution in [2.45, 2.75) is 0 Å². The highest BCUT2D eigenvalue weighted by molar-refractivity contribution is 6.31. The molecule has 1 aliphatic carbocycles. The maximum Gasteiger partial charge on any atom is 0.255 e. The highest BCUT2D eigenvalue weighted by Gasteiger charge is 2.34. The molecule has 1 amide bonds. The molecular weight excluding hydrogens is 330 g/mol. The Morgan fingerprint density at radius 3 is 1.96 bits per heavy atom. The molecule has 5 nitrogen and oxygen atoms in total. The van der Waals surface area contributed by atoms with Crippen molar-refractivity contribution in [3.05, 3.63) is 94.5 Å². The lowest BCUT2D eigenvalue weighted by molar-refractivity contribution is 0.0976. The Hall–Kier alpha value is -3.73. The van der Waals surface area contributed by atoms with Gasteiger partial charge in [-0.25, -0.2) is 0 Å². The van der Waals surface area contributed by atoms with Crippen LogP contribution in [0, 0.1) is 0 Å². The van der Waals surface area contributed by atoms with Crippen molar-refractivity contribution < 1.29 is 19.5 Å². The number of carbonyl (C=O) groups is 3. The summed E-state index contributed by atoms with van der Waals surface area (Å²) in [5.74, 6) is -1.54. The number of carbonyl (C=O) groups excluding carboxylic acids is 3. The molecule has 0 aliphatic heterocycles. The Morgan fingerprint density at radius 2 is 1.31 bits per heavy atom. The zero-order valence-corrected chi connectivity index (χ0v) is 13.5. The fourth-order valence-electron chi connectivity index (χ4n) is 3.09. The summed E-state index contributed by atoms with van der Waals surface area (Å²) in [6, 6.07) is 17.7. The summed E-state index contributed by atoms with van der Waals surface area (Å²) in [5, 5.41) is 12.8. The van der Waals surface area contributed by atoms with Crippen LogP contribution in [0.15, 0.2) is 66.7 Å². The van der Waals surface area contributed by atoms with E-state index in [1.165, 1.54) is 12.1 Å². The average Bonchev–Trinajstić information content (AvgIpc) is 2.68. The van der Waals surface area contributed by atoms with E-state index in [1.54, 1.807) is 54.6 Å². The number of phenolic OH excluding ortho intramolecular Hbond substituents is 1. The van der Waals surface area contributed by atoms with Crippen molar-refractivity contribution in [2.75, 3.05) is 5.32 Å². The first-order chi connectivity index (χ1) is 12.6. The van der Waals surface area contributed by atoms with E-state index in [1.807, 2.05) is 0 Å². The number of ketones is 2. The maximum atomic E-state index is 12.9. The minimum atomic E-state index is -0.441. The molecule has 0 bridgehead atoms. The Bertz CT molecular complexity index is 1070. The van der Waals surface area contributed by atoms with Crippen molar-refractivity contribution in [1.29, 1.82) is 0 Å². The van der Waals surface area contributed by atoms with Crippen molar-refractivity contribution >= 4 is 23.2 Å². The number of aromatic hydroxyl groups is 1. The molecule has 0 fully saturated rings. The van der Waals surface area contributed by atoms with Crippen molar-refractivity contribution in [3.63, 3.8) is 0 Å². The Kier molecular flexibility index (Phi) is 3.62. The lowest BCUT2D eigenvalue weighted by Crippen LogP contribution is -2.24. The van der Waals surface area contributed by atoms with Gasteiger partial charge in [0.25, 0.3) is 5.91 Å². The van der Waals surface area contributed by atoms with Gasteiger partial charge in [-0.15, -0.1) is 0 Å². The molecule has 126 valence electrons. The van der Waals surface area contributed by atoms with Crippen LogP contribution < -0.4 is 5.32 Å². The van der Waals surface area contributed by atoms with E-state index in [9.17, 15) is 19.5 Å². The van der Waals surface area contributed by atoms with E-state index in [2.05, 4.69) is 5.32 Å². The quantitative estimate of drug-likeness (QED) is 0.546. The van der Waals surface area contributed by atoms with E-state index in [4.69, 9.17) is 0 Å². The van der Waals surface area contributed by atoms with Crippen LogP contribution in [0.3, 0.4) is 0 Å². The predicted octanol–water partition coefficient (Wildman–Crippen LogP) is 3.42. The van der Waals surface area contributed by atoms with Crippen LogP contribution in [0.25, 0.3) is 0 Å². The number of nitrogens with one attached hydrogen (secondary N) is 1. The molecule has 0 radical (unpaired) electrons. The third-order valence-corrected chi connectivity index (χ3v) is 4.34. The third kappa shape index (κ3) is 2.38. The first-order valence-electron chi connectivity index (χ1n) is 7.98. The van der Waals surface area contributed by atoms with Crippen molar-refractivity contribution in [1.82, 2.24) is 0 Å². The van der Waals surface area contributed by atoms with E-state index >= 15 is 0 Å². The summed E-state index contributed by atoms with van der Waals surface area (Å²) in [6.07, 6.45) is 0. The molecule has 0 spiro atoms. The van der Waals surface area contributed by atoms with Gasteiger partial charge in [0.15, 0.2) is 11.6 Å². The first kappa shape index (κ1) is 15.8. The monoisotopic (exact) mass is 343 g/mol. The van der Waals surface area contributed by atoms with Crippen LogP contribution >= 0.6 is 0 Å². The zero-order chi connectivity index (χ0) is 18.3. The van der Waals surface area contributed by atoms with Gasteiger partial charge in [-0.3, -0.25) is 14.4 Å². The van der Waals surface area contributed by atoms with E-state index in [0.29, 0.717) is 5.56 Å². The molecule has 0 atom stereocenters. The number of phenols is 1. The number of anilines is 1. The molecule has 3 aromatic rings. The topological polar surface area (TPSA) is 83.5 Å². The number of benzene rings is 3. The Labute approximate surface area is 148 Å². The highest BCUT2D eigenvalue weighted by Crippen LogP contribution is 2.37. The zero-order valence-electron chi connectivity index (χ0n) is 13.5. The summed E-state index contributed by atoms with van der Waals surface area (Å²) in [4.78, 5) is 38.1. The molecular formula is C21H13NO4. The van der Waals surface area contributed by atoms with Crippen LogP contribution in [0.1, 0.15) is 42.2 Å². The SMILES string of the molecule is O=C(Nc1ccc(O)c2c1C(=O)c1ccccc1C2=O)c1ccccc1. The number of fused-ring (bicyclic) bond motifs is 2. The van der Waals surface area contributed by atoms with Crippen LogP contribution in [0.5, 0.6) is 5.75 Å². The Balaban J connectivity index is 1.84. The van der Waals surface area contributed by atoms with E-state index in [0.717, 1.165) is 0 Å². The second kappa shape index (κ2) is 5.97. The molecule has 4 rings (SSSR count). The van der Waals surface area contributed by atoms with Crippen LogP contribution in [0.2, 0.25) is 0 Å². The maximum absolute atomic E-state index is 12.9. The standard InChI is InChI=1S/C21H13NO4/c23-16-11-10-15(22-21(26)12-6-2-1-3-7-12)17-18(16)20(25)14-9-5-4-8-13(14)19(17)24/h1-11,23H,(H,22,26). The largest absolute Gasteiger partial charge is 0.507 e. The molecule has 5 heteroatoms. The Morgan fingerprint density at radius 1 is 0.731 bits per heavy atom. The normalized spacial score (nSPS) is 12.3. The number of hydrogen-bond acceptors (Lipinski definition) is 4. The molecule has 26 heavy (non-hydrogen) atoms. The predicted molar refractivity (Wildman–Crippen MR) is 95.8 cm³/mol. The molecule has 0 saturated heterocycles. The first-order valence-corrected chi connectivity index (χ1v) is 7.98. The highest BCUT2D eigenvalue weighted by atomic mass is 16.3. The lowest BCUT2D eigenvalue weighted by atomic mass is 9.82. The summed E-state index contributed by atoms with van der Waals surface area (Å²) in [5.41, 5.74) is 1.04. The summed E-state index contributed by atoms with van der Waals surface area (Å²) < 4.78 is 0. The third-order valence-electron chi connectivity index (χ3n) is 4.34. The molecule has 3 aromatic carbocycles. The average molecular weight is 343 g/mol. The number of amides is 1. The van der Waals surface area contributed by atoms with Gasteiger partial charge < -0.3 is 10.4 Å². The molecule has 2 N–H and O–H groups in total. The van der Waals surface area contributed by atoms with Gasteiger partial charge in [0.2, 0.25) is 0 Å². The number of hydrogen-bond donors (Lipinski definition) is 2. The van der Waals surface area contributed by atoms with Gasteiger partial charge in [0.1, 0.15) is 5.75 Å². The van der Waals surface area contributed by atoms with Gasteiger partial charge in [-0.2, -0.15) is 0 Å². The smallest absolute Gasteiger partial charge is 0.255 e. The summed E-state index contributed by atoms with van der Waals surface area (Å²) in [7, 11) is 0. The minimum absolute atomic E-state index is 0.0120. The van der Waals surface area contributed by atoms with E-state index < -0.39 is 17.5 Å². The minimum Gasteiger partial charge on any atom is -0.507 e. The summed E-state index contributed by atoms with van der Waals surface area (Å²) >= 11 is 0. The van der Waals surface area contributed by atoms with Gasteiger partial charge >= 0.3 is 0 Å². The molecule has 0 unspecified atom stereocenters. The number of rotatable bonds is 2.